The molecule has 1 fully saturated rings. The quantitative estimate of drug-likeness (QED) is 0.236. The number of likely N-dealkylation sites (N-methyl/N-ethyl adjacent to an activating group) is 3. The Morgan fingerprint density at radius 2 is 1.48 bits per heavy atom. The lowest BCUT2D eigenvalue weighted by atomic mass is 9.87. The van der Waals surface area contributed by atoms with E-state index in [1.165, 1.54) is 65.1 Å². The van der Waals surface area contributed by atoms with E-state index in [9.17, 15) is 43.2 Å². The second kappa shape index (κ2) is 28.7. The summed E-state index contributed by atoms with van der Waals surface area (Å²) in [6, 6.07) is 16.7. The fourth-order valence-corrected chi connectivity index (χ4v) is 8.59. The Balaban J connectivity index is 1.45. The fraction of sp³-hybridized carbons (Fsp3) is 0.500. The van der Waals surface area contributed by atoms with Gasteiger partial charge < -0.3 is 58.7 Å². The van der Waals surface area contributed by atoms with E-state index < -0.39 is 115 Å². The van der Waals surface area contributed by atoms with Gasteiger partial charge in [0.25, 0.3) is 11.8 Å². The standard InChI is InChI=1S/C58H76N6O15/c1-57(2,3)78-35-43-53(70)59-33-48(66)61(6)29-16-15-24-50(68)77-37-58(4,5)52(69)55(72)64-30-17-14-23-42(64)56(73)79-44(27-25-38-26-28-45(74-9)46(31-38)75-10)40-21-18-22-41(32-40)76-36-49(67)62(7)34-47(65)60-51(54(71)63(43)8)39-19-12-11-13-20-39/h11-13,15,18-22,24,26,28,31-32,42-44,51H,14,16-17,23,25,27,29-30,33-37H2,1-10H3,(H,59,70)(H,60,65)/t42-,43-,44+,51?/m0/s1. The summed E-state index contributed by atoms with van der Waals surface area (Å²) in [5.74, 6) is -5.25. The first kappa shape index (κ1) is 62.0. The van der Waals surface area contributed by atoms with Crippen LogP contribution in [0.2, 0.25) is 0 Å². The van der Waals surface area contributed by atoms with E-state index in [-0.39, 0.29) is 44.7 Å². The van der Waals surface area contributed by atoms with Gasteiger partial charge >= 0.3 is 11.9 Å². The zero-order chi connectivity index (χ0) is 58.0. The third kappa shape index (κ3) is 18.1. The van der Waals surface area contributed by atoms with Crippen molar-refractivity contribution in [2.24, 2.45) is 5.41 Å². The van der Waals surface area contributed by atoms with Gasteiger partial charge in [0.1, 0.15) is 36.6 Å². The molecule has 428 valence electrons. The summed E-state index contributed by atoms with van der Waals surface area (Å²) in [5.41, 5.74) is -0.511. The van der Waals surface area contributed by atoms with Crippen molar-refractivity contribution in [3.63, 3.8) is 0 Å². The van der Waals surface area contributed by atoms with Gasteiger partial charge in [0.15, 0.2) is 18.1 Å². The molecule has 1 saturated heterocycles. The number of nitrogens with zero attached hydrogens (tertiary/aromatic N) is 4. The van der Waals surface area contributed by atoms with Crippen LogP contribution in [0.25, 0.3) is 0 Å². The molecule has 1 unspecified atom stereocenters. The van der Waals surface area contributed by atoms with Gasteiger partial charge in [-0.2, -0.15) is 0 Å². The summed E-state index contributed by atoms with van der Waals surface area (Å²) in [6.45, 7) is 6.30. The average Bonchev–Trinajstić information content (AvgIpc) is 3.43. The number of piperidine rings is 1. The monoisotopic (exact) mass is 1100 g/mol. The van der Waals surface area contributed by atoms with Gasteiger partial charge in [-0.1, -0.05) is 54.6 Å². The highest BCUT2D eigenvalue weighted by Gasteiger charge is 2.43. The fourth-order valence-electron chi connectivity index (χ4n) is 8.59. The molecular weight excluding hydrogens is 1020 g/mol. The van der Waals surface area contributed by atoms with E-state index in [0.29, 0.717) is 41.9 Å². The summed E-state index contributed by atoms with van der Waals surface area (Å²) in [6.07, 6.45) is 3.84. The molecule has 2 aliphatic rings. The SMILES string of the molecule is COc1ccc(CC[C@H]2OC(=O)[C@@H]3CCCCN3C(=O)C(=O)C(C)(C)COC(=O)C=CCCN(C)C(=O)CNC(=O)[C@H](COC(C)(C)C)N(C)C(=O)C(c3ccccc3)NC(=O)CN(C)C(=O)COc3cccc2c3)cc1OC. The van der Waals surface area contributed by atoms with Gasteiger partial charge in [-0.15, -0.1) is 0 Å². The number of benzene rings is 3. The number of rotatable bonds is 8. The second-order valence-corrected chi connectivity index (χ2v) is 21.1. The molecule has 3 aromatic rings. The van der Waals surface area contributed by atoms with Crippen molar-refractivity contribution in [3.05, 3.63) is 102 Å². The number of hydrogen-bond acceptors (Lipinski definition) is 15. The number of methoxy groups -OCH3 is 2. The highest BCUT2D eigenvalue weighted by atomic mass is 16.5. The Hall–Kier alpha value is -7.81. The number of carbonyl (C=O) groups is 9. The maximum Gasteiger partial charge on any atom is 0.330 e. The Kier molecular flexibility index (Phi) is 22.5. The first-order valence-electron chi connectivity index (χ1n) is 26.3. The number of nitrogens with one attached hydrogen (secondary N) is 2. The zero-order valence-electron chi connectivity index (χ0n) is 47.0. The lowest BCUT2D eigenvalue weighted by molar-refractivity contribution is -0.165. The molecule has 0 radical (unpaired) electrons. The molecule has 5 rings (SSSR count). The van der Waals surface area contributed by atoms with E-state index in [4.69, 9.17) is 28.4 Å². The van der Waals surface area contributed by atoms with Gasteiger partial charge in [-0.3, -0.25) is 33.6 Å². The average molecular weight is 1100 g/mol. The van der Waals surface area contributed by atoms with E-state index in [2.05, 4.69) is 10.6 Å². The number of amides is 6. The van der Waals surface area contributed by atoms with Gasteiger partial charge in [0.2, 0.25) is 29.4 Å². The number of fused-ring (bicyclic) bond motifs is 3. The van der Waals surface area contributed by atoms with Crippen LogP contribution in [0.15, 0.2) is 84.9 Å². The predicted molar refractivity (Wildman–Crippen MR) is 289 cm³/mol. The summed E-state index contributed by atoms with van der Waals surface area (Å²) in [4.78, 5) is 129. The first-order valence-corrected chi connectivity index (χ1v) is 26.3. The Morgan fingerprint density at radius 1 is 0.772 bits per heavy atom. The van der Waals surface area contributed by atoms with Crippen molar-refractivity contribution in [1.82, 2.24) is 30.2 Å². The molecule has 0 saturated carbocycles. The van der Waals surface area contributed by atoms with Crippen LogP contribution >= 0.6 is 0 Å². The minimum absolute atomic E-state index is 0.103. The maximum atomic E-state index is 14.5. The number of aryl methyl sites for hydroxylation is 1. The van der Waals surface area contributed by atoms with Crippen LogP contribution in [0.5, 0.6) is 17.2 Å². The largest absolute Gasteiger partial charge is 0.493 e. The van der Waals surface area contributed by atoms with E-state index in [1.54, 1.807) is 81.4 Å². The highest BCUT2D eigenvalue weighted by molar-refractivity contribution is 6.38. The molecule has 6 amide bonds. The van der Waals surface area contributed by atoms with E-state index in [1.807, 2.05) is 12.1 Å². The summed E-state index contributed by atoms with van der Waals surface area (Å²) < 4.78 is 34.6. The van der Waals surface area contributed by atoms with Crippen molar-refractivity contribution in [1.29, 1.82) is 0 Å². The Bertz CT molecular complexity index is 2690. The molecule has 2 bridgehead atoms. The van der Waals surface area contributed by atoms with Crippen molar-refractivity contribution in [3.8, 4) is 17.2 Å². The first-order chi connectivity index (χ1) is 37.4. The van der Waals surface area contributed by atoms with Gasteiger partial charge in [-0.05, 0) is 114 Å². The maximum absolute atomic E-state index is 14.5. The Morgan fingerprint density at radius 3 is 2.18 bits per heavy atom. The minimum Gasteiger partial charge on any atom is -0.493 e. The molecule has 3 aromatic carbocycles. The lowest BCUT2D eigenvalue weighted by Crippen LogP contribution is -2.55. The zero-order valence-corrected chi connectivity index (χ0v) is 47.0. The van der Waals surface area contributed by atoms with Crippen LogP contribution in [0.4, 0.5) is 0 Å². The lowest BCUT2D eigenvalue weighted by Gasteiger charge is -2.36. The van der Waals surface area contributed by atoms with Crippen molar-refractivity contribution in [2.75, 3.05) is 81.4 Å². The number of Topliss-reactive ketones (excluding diaryl/α,β-unsaturated/α-hetero) is 1. The van der Waals surface area contributed by atoms with E-state index >= 15 is 0 Å². The molecule has 0 aliphatic carbocycles. The number of ether oxygens (including phenoxy) is 6. The molecule has 21 heteroatoms. The van der Waals surface area contributed by atoms with Crippen LogP contribution < -0.4 is 24.8 Å². The van der Waals surface area contributed by atoms with Crippen molar-refractivity contribution < 1.29 is 71.6 Å². The predicted octanol–water partition coefficient (Wildman–Crippen LogP) is 4.31. The normalized spacial score (nSPS) is 21.7. The molecule has 2 N–H and O–H groups in total. The second-order valence-electron chi connectivity index (χ2n) is 21.1. The van der Waals surface area contributed by atoms with E-state index in [0.717, 1.165) is 21.4 Å². The number of ketones is 1. The summed E-state index contributed by atoms with van der Waals surface area (Å²) in [5, 5.41) is 5.34. The smallest absolute Gasteiger partial charge is 0.330 e. The number of carbonyl (C=O) groups excluding carboxylic acids is 9. The molecule has 79 heavy (non-hydrogen) atoms. The van der Waals surface area contributed by atoms with Crippen LogP contribution in [0, 0.1) is 5.41 Å². The topological polar surface area (TPSA) is 246 Å². The molecule has 21 nitrogen and oxygen atoms in total. The Labute approximate surface area is 462 Å². The highest BCUT2D eigenvalue weighted by Crippen LogP contribution is 2.33. The van der Waals surface area contributed by atoms with Crippen LogP contribution in [-0.2, 0) is 63.8 Å². The number of cyclic esters (lactones) is 2. The molecule has 0 spiro atoms. The van der Waals surface area contributed by atoms with Gasteiger partial charge in [0, 0.05) is 40.3 Å². The van der Waals surface area contributed by atoms with Crippen LogP contribution in [0.1, 0.15) is 95.6 Å². The third-order valence-electron chi connectivity index (χ3n) is 13.4. The van der Waals surface area contributed by atoms with Crippen molar-refractivity contribution >= 4 is 53.2 Å². The van der Waals surface area contributed by atoms with Crippen molar-refractivity contribution in [2.45, 2.75) is 103 Å². The minimum atomic E-state index is -1.49. The molecule has 2 heterocycles. The van der Waals surface area contributed by atoms with Gasteiger partial charge in [0.05, 0.1) is 44.9 Å². The molecule has 4 atom stereocenters. The summed E-state index contributed by atoms with van der Waals surface area (Å²) in [7, 11) is 7.33. The number of esters is 2. The third-order valence-corrected chi connectivity index (χ3v) is 13.4. The molecule has 2 aliphatic heterocycles. The number of hydrogen-bond donors (Lipinski definition) is 2. The van der Waals surface area contributed by atoms with Crippen LogP contribution in [-0.4, -0.2) is 172 Å². The van der Waals surface area contributed by atoms with Gasteiger partial charge in [-0.25, -0.2) is 9.59 Å². The molecule has 0 aromatic heterocycles. The molecular formula is C58H76N6O15. The van der Waals surface area contributed by atoms with Crippen LogP contribution in [0.3, 0.4) is 0 Å². The summed E-state index contributed by atoms with van der Waals surface area (Å²) >= 11 is 0.